The van der Waals surface area contributed by atoms with Gasteiger partial charge in [-0.05, 0) is 18.8 Å². The zero-order valence-electron chi connectivity index (χ0n) is 6.59. The van der Waals surface area contributed by atoms with Crippen LogP contribution in [0.1, 0.15) is 26.7 Å². The summed E-state index contributed by atoms with van der Waals surface area (Å²) >= 11 is 0. The Bertz CT molecular complexity index is 83.7. The first-order chi connectivity index (χ1) is 4.77. The van der Waals surface area contributed by atoms with Crippen molar-refractivity contribution >= 4 is 6.47 Å². The van der Waals surface area contributed by atoms with E-state index in [1.54, 1.807) is 0 Å². The molecule has 0 aliphatic carbocycles. The van der Waals surface area contributed by atoms with Gasteiger partial charge in [-0.25, -0.2) is 0 Å². The summed E-state index contributed by atoms with van der Waals surface area (Å²) in [5, 5.41) is 0. The van der Waals surface area contributed by atoms with Gasteiger partial charge in [0.1, 0.15) is 0 Å². The van der Waals surface area contributed by atoms with E-state index in [1.807, 2.05) is 0 Å². The monoisotopic (exact) mass is 145 g/mol. The van der Waals surface area contributed by atoms with Crippen molar-refractivity contribution in [3.8, 4) is 0 Å². The molecule has 0 spiro atoms. The lowest BCUT2D eigenvalue weighted by molar-refractivity contribution is -0.135. The van der Waals surface area contributed by atoms with Gasteiger partial charge < -0.3 is 4.84 Å². The number of hydrogen-bond acceptors (Lipinski definition) is 3. The second-order valence-corrected chi connectivity index (χ2v) is 2.64. The van der Waals surface area contributed by atoms with Crippen LogP contribution in [0.25, 0.3) is 0 Å². The Morgan fingerprint density at radius 3 is 2.80 bits per heavy atom. The Labute approximate surface area is 61.7 Å². The molecule has 0 aliphatic rings. The summed E-state index contributed by atoms with van der Waals surface area (Å²) in [6, 6.07) is 0. The number of hydroxylamine groups is 1. The van der Waals surface area contributed by atoms with E-state index in [2.05, 4.69) is 24.2 Å². The Hall–Kier alpha value is -0.570. The molecule has 1 N–H and O–H groups in total. The molecule has 3 nitrogen and oxygen atoms in total. The molecular weight excluding hydrogens is 130 g/mol. The summed E-state index contributed by atoms with van der Waals surface area (Å²) < 4.78 is 0. The molecule has 0 fully saturated rings. The molecule has 0 unspecified atom stereocenters. The van der Waals surface area contributed by atoms with Gasteiger partial charge in [0.25, 0.3) is 0 Å². The van der Waals surface area contributed by atoms with E-state index in [1.165, 1.54) is 0 Å². The summed E-state index contributed by atoms with van der Waals surface area (Å²) in [6.07, 6.45) is 2.21. The lowest BCUT2D eigenvalue weighted by Crippen LogP contribution is -2.15. The molecule has 0 bridgehead atoms. The number of carbonyl (C=O) groups is 1. The van der Waals surface area contributed by atoms with Crippen molar-refractivity contribution < 1.29 is 9.63 Å². The van der Waals surface area contributed by atoms with Crippen molar-refractivity contribution in [3.63, 3.8) is 0 Å². The Kier molecular flexibility index (Phi) is 6.18. The van der Waals surface area contributed by atoms with Crippen molar-refractivity contribution in [2.45, 2.75) is 26.7 Å². The fraction of sp³-hybridized carbons (Fsp3) is 0.857. The SMILES string of the molecule is CC(C)CCCNOC=O. The first-order valence-corrected chi connectivity index (χ1v) is 3.59. The molecule has 10 heavy (non-hydrogen) atoms. The first-order valence-electron chi connectivity index (χ1n) is 3.59. The molecular formula is C7H15NO2. The van der Waals surface area contributed by atoms with E-state index >= 15 is 0 Å². The molecule has 0 radical (unpaired) electrons. The second-order valence-electron chi connectivity index (χ2n) is 2.64. The van der Waals surface area contributed by atoms with Gasteiger partial charge in [-0.1, -0.05) is 13.8 Å². The zero-order valence-corrected chi connectivity index (χ0v) is 6.59. The first kappa shape index (κ1) is 9.43. The Balaban J connectivity index is 2.83. The number of hydrogen-bond donors (Lipinski definition) is 1. The van der Waals surface area contributed by atoms with Gasteiger partial charge in [-0.2, -0.15) is 5.48 Å². The van der Waals surface area contributed by atoms with E-state index in [9.17, 15) is 4.79 Å². The summed E-state index contributed by atoms with van der Waals surface area (Å²) in [5.41, 5.74) is 2.52. The molecule has 0 rings (SSSR count). The van der Waals surface area contributed by atoms with Gasteiger partial charge >= 0.3 is 6.47 Å². The maximum Gasteiger partial charge on any atom is 0.312 e. The molecule has 3 heteroatoms. The average molecular weight is 145 g/mol. The number of carbonyl (C=O) groups excluding carboxylic acids is 1. The Morgan fingerprint density at radius 1 is 1.60 bits per heavy atom. The van der Waals surface area contributed by atoms with Crippen LogP contribution < -0.4 is 5.48 Å². The standard InChI is InChI=1S/C7H15NO2/c1-7(2)4-3-5-8-10-6-9/h6-8H,3-5H2,1-2H3. The van der Waals surface area contributed by atoms with Gasteiger partial charge in [0.2, 0.25) is 0 Å². The number of rotatable bonds is 6. The van der Waals surface area contributed by atoms with Gasteiger partial charge in [0, 0.05) is 6.54 Å². The molecule has 0 aromatic rings. The molecule has 0 aliphatic heterocycles. The van der Waals surface area contributed by atoms with Crippen molar-refractivity contribution in [1.29, 1.82) is 0 Å². The minimum Gasteiger partial charge on any atom is -0.374 e. The summed E-state index contributed by atoms with van der Waals surface area (Å²) in [6.45, 7) is 5.48. The van der Waals surface area contributed by atoms with E-state index in [0.717, 1.165) is 25.3 Å². The summed E-state index contributed by atoms with van der Waals surface area (Å²) in [5.74, 6) is 0.720. The summed E-state index contributed by atoms with van der Waals surface area (Å²) in [7, 11) is 0. The molecule has 0 saturated heterocycles. The third kappa shape index (κ3) is 7.43. The van der Waals surface area contributed by atoms with Crippen LogP contribution in [-0.4, -0.2) is 13.0 Å². The van der Waals surface area contributed by atoms with E-state index in [-0.39, 0.29) is 0 Å². The highest BCUT2D eigenvalue weighted by atomic mass is 16.7. The van der Waals surface area contributed by atoms with Crippen LogP contribution in [0.3, 0.4) is 0 Å². The van der Waals surface area contributed by atoms with Gasteiger partial charge in [-0.3, -0.25) is 4.79 Å². The maximum absolute atomic E-state index is 9.62. The molecule has 0 aromatic heterocycles. The minimum absolute atomic E-state index is 0.398. The van der Waals surface area contributed by atoms with Crippen molar-refractivity contribution in [2.75, 3.05) is 6.54 Å². The average Bonchev–Trinajstić information content (AvgIpc) is 1.87. The molecule has 0 amide bonds. The van der Waals surface area contributed by atoms with E-state index in [0.29, 0.717) is 6.47 Å². The van der Waals surface area contributed by atoms with Crippen LogP contribution >= 0.6 is 0 Å². The fourth-order valence-electron chi connectivity index (χ4n) is 0.675. The topological polar surface area (TPSA) is 38.3 Å². The third-order valence-corrected chi connectivity index (χ3v) is 1.19. The summed E-state index contributed by atoms with van der Waals surface area (Å²) in [4.78, 5) is 13.9. The molecule has 0 atom stereocenters. The minimum atomic E-state index is 0.398. The third-order valence-electron chi connectivity index (χ3n) is 1.19. The van der Waals surface area contributed by atoms with Gasteiger partial charge in [0.15, 0.2) is 0 Å². The number of nitrogens with one attached hydrogen (secondary N) is 1. The molecule has 0 aromatic carbocycles. The smallest absolute Gasteiger partial charge is 0.312 e. The van der Waals surface area contributed by atoms with Crippen LogP contribution in [0.5, 0.6) is 0 Å². The Morgan fingerprint density at radius 2 is 2.30 bits per heavy atom. The zero-order chi connectivity index (χ0) is 7.82. The quantitative estimate of drug-likeness (QED) is 0.345. The predicted molar refractivity (Wildman–Crippen MR) is 39.2 cm³/mol. The van der Waals surface area contributed by atoms with Crippen molar-refractivity contribution in [2.24, 2.45) is 5.92 Å². The lowest BCUT2D eigenvalue weighted by atomic mass is 10.1. The highest BCUT2D eigenvalue weighted by Gasteiger charge is 1.92. The molecule has 0 saturated carbocycles. The molecule has 0 heterocycles. The second kappa shape index (κ2) is 6.55. The van der Waals surface area contributed by atoms with Crippen LogP contribution in [-0.2, 0) is 9.63 Å². The molecule has 60 valence electrons. The van der Waals surface area contributed by atoms with Crippen LogP contribution in [0.2, 0.25) is 0 Å². The van der Waals surface area contributed by atoms with Crippen molar-refractivity contribution in [1.82, 2.24) is 5.48 Å². The fourth-order valence-corrected chi connectivity index (χ4v) is 0.675. The lowest BCUT2D eigenvalue weighted by Gasteiger charge is -2.03. The van der Waals surface area contributed by atoms with E-state index < -0.39 is 0 Å². The van der Waals surface area contributed by atoms with E-state index in [4.69, 9.17) is 0 Å². The van der Waals surface area contributed by atoms with Crippen LogP contribution in [0.4, 0.5) is 0 Å². The largest absolute Gasteiger partial charge is 0.374 e. The maximum atomic E-state index is 9.62. The highest BCUT2D eigenvalue weighted by molar-refractivity contribution is 5.36. The predicted octanol–water partition coefficient (Wildman–Crippen LogP) is 1.10. The van der Waals surface area contributed by atoms with Crippen molar-refractivity contribution in [3.05, 3.63) is 0 Å². The van der Waals surface area contributed by atoms with Crippen LogP contribution in [0.15, 0.2) is 0 Å². The normalized spacial score (nSPS) is 9.90. The van der Waals surface area contributed by atoms with Crippen LogP contribution in [0, 0.1) is 5.92 Å². The van der Waals surface area contributed by atoms with Gasteiger partial charge in [-0.15, -0.1) is 0 Å². The highest BCUT2D eigenvalue weighted by Crippen LogP contribution is 2.01. The van der Waals surface area contributed by atoms with Gasteiger partial charge in [0.05, 0.1) is 0 Å².